The molecule has 1 aliphatic carbocycles. The Kier molecular flexibility index (Phi) is 5.58. The molecule has 5 nitrogen and oxygen atoms in total. The maximum absolute atomic E-state index is 11.2. The number of aromatic nitrogens is 1. The molecule has 0 saturated carbocycles. The summed E-state index contributed by atoms with van der Waals surface area (Å²) in [6.07, 6.45) is 4.80. The Labute approximate surface area is 171 Å². The normalized spacial score (nSPS) is 15.7. The summed E-state index contributed by atoms with van der Waals surface area (Å²) in [5, 5.41) is 0. The molecular weight excluding hydrogens is 362 g/mol. The van der Waals surface area contributed by atoms with E-state index in [1.54, 1.807) is 12.1 Å². The molecule has 148 valence electrons. The quantitative estimate of drug-likeness (QED) is 0.677. The first-order valence-electron chi connectivity index (χ1n) is 9.91. The van der Waals surface area contributed by atoms with Gasteiger partial charge in [-0.3, -0.25) is 9.69 Å². The topological polar surface area (TPSA) is 68.5 Å². The van der Waals surface area contributed by atoms with Crippen LogP contribution in [0.5, 0.6) is 11.6 Å². The predicted molar refractivity (Wildman–Crippen MR) is 113 cm³/mol. The fourth-order valence-electron chi connectivity index (χ4n) is 3.98. The molecular formula is C24H25N3O2. The maximum atomic E-state index is 11.2. The van der Waals surface area contributed by atoms with Gasteiger partial charge in [0.2, 0.25) is 11.8 Å². The van der Waals surface area contributed by atoms with Crippen LogP contribution < -0.4 is 10.5 Å². The number of pyridine rings is 1. The molecule has 1 atom stereocenters. The first-order chi connectivity index (χ1) is 14.1. The Morgan fingerprint density at radius 1 is 1.17 bits per heavy atom. The van der Waals surface area contributed by atoms with Crippen molar-refractivity contribution >= 4 is 5.91 Å². The molecule has 0 spiro atoms. The Morgan fingerprint density at radius 2 is 2.00 bits per heavy atom. The van der Waals surface area contributed by atoms with Crippen molar-refractivity contribution in [2.24, 2.45) is 5.73 Å². The smallest absolute Gasteiger partial charge is 0.250 e. The van der Waals surface area contributed by atoms with E-state index >= 15 is 0 Å². The number of hydrogen-bond acceptors (Lipinski definition) is 4. The molecule has 1 amide bonds. The molecule has 1 aliphatic rings. The van der Waals surface area contributed by atoms with Crippen molar-refractivity contribution in [1.82, 2.24) is 9.88 Å². The summed E-state index contributed by atoms with van der Waals surface area (Å²) >= 11 is 0. The molecule has 0 saturated heterocycles. The minimum Gasteiger partial charge on any atom is -0.439 e. The lowest BCUT2D eigenvalue weighted by molar-refractivity contribution is 0.1000. The van der Waals surface area contributed by atoms with Gasteiger partial charge in [-0.1, -0.05) is 36.4 Å². The Morgan fingerprint density at radius 3 is 2.72 bits per heavy atom. The summed E-state index contributed by atoms with van der Waals surface area (Å²) in [7, 11) is 2.20. The number of fused-ring (bicyclic) bond motifs is 1. The van der Waals surface area contributed by atoms with Crippen LogP contribution in [0.15, 0.2) is 66.9 Å². The van der Waals surface area contributed by atoms with E-state index in [9.17, 15) is 4.79 Å². The van der Waals surface area contributed by atoms with Crippen molar-refractivity contribution in [2.45, 2.75) is 31.8 Å². The minimum atomic E-state index is -0.497. The number of carbonyl (C=O) groups is 1. The number of carbonyl (C=O) groups excluding carboxylic acids is 1. The second-order valence-corrected chi connectivity index (χ2v) is 7.52. The van der Waals surface area contributed by atoms with Crippen LogP contribution in [0.4, 0.5) is 0 Å². The highest BCUT2D eigenvalue weighted by atomic mass is 16.5. The van der Waals surface area contributed by atoms with Crippen molar-refractivity contribution in [3.8, 4) is 11.6 Å². The van der Waals surface area contributed by atoms with Crippen LogP contribution in [0.3, 0.4) is 0 Å². The van der Waals surface area contributed by atoms with Crippen molar-refractivity contribution in [1.29, 1.82) is 0 Å². The Balaban J connectivity index is 1.50. The van der Waals surface area contributed by atoms with Crippen molar-refractivity contribution in [3.63, 3.8) is 0 Å². The summed E-state index contributed by atoms with van der Waals surface area (Å²) in [4.78, 5) is 17.8. The summed E-state index contributed by atoms with van der Waals surface area (Å²) < 4.78 is 5.89. The van der Waals surface area contributed by atoms with Gasteiger partial charge >= 0.3 is 0 Å². The average Bonchev–Trinajstić information content (AvgIpc) is 2.74. The highest BCUT2D eigenvalue weighted by Crippen LogP contribution is 2.36. The number of aryl methyl sites for hydroxylation is 1. The Bertz CT molecular complexity index is 987. The third-order valence-corrected chi connectivity index (χ3v) is 5.45. The minimum absolute atomic E-state index is 0.368. The van der Waals surface area contributed by atoms with Crippen LogP contribution >= 0.6 is 0 Å². The lowest BCUT2D eigenvalue weighted by atomic mass is 9.86. The van der Waals surface area contributed by atoms with E-state index in [0.29, 0.717) is 17.5 Å². The van der Waals surface area contributed by atoms with E-state index in [2.05, 4.69) is 59.4 Å². The second-order valence-electron chi connectivity index (χ2n) is 7.52. The first-order valence-corrected chi connectivity index (χ1v) is 9.91. The lowest BCUT2D eigenvalue weighted by Gasteiger charge is -2.33. The molecule has 2 aromatic carbocycles. The van der Waals surface area contributed by atoms with E-state index in [0.717, 1.165) is 31.6 Å². The zero-order valence-corrected chi connectivity index (χ0v) is 16.5. The molecule has 1 aromatic heterocycles. The van der Waals surface area contributed by atoms with Crippen molar-refractivity contribution in [3.05, 3.63) is 89.1 Å². The molecule has 29 heavy (non-hydrogen) atoms. The SMILES string of the molecule is CN(Cc1ccccc1)C1CCCc2cc(Oc3ccc(C(N)=O)cn3)ccc21. The molecule has 1 heterocycles. The number of ether oxygens (including phenoxy) is 1. The van der Waals surface area contributed by atoms with Crippen LogP contribution in [0.2, 0.25) is 0 Å². The van der Waals surface area contributed by atoms with Gasteiger partial charge in [0, 0.05) is 24.8 Å². The van der Waals surface area contributed by atoms with E-state index in [1.807, 2.05) is 6.07 Å². The van der Waals surface area contributed by atoms with Gasteiger partial charge in [0.15, 0.2) is 0 Å². The monoisotopic (exact) mass is 387 g/mol. The van der Waals surface area contributed by atoms with Gasteiger partial charge in [0.1, 0.15) is 5.75 Å². The van der Waals surface area contributed by atoms with E-state index in [4.69, 9.17) is 10.5 Å². The number of primary amides is 1. The van der Waals surface area contributed by atoms with E-state index < -0.39 is 5.91 Å². The third kappa shape index (κ3) is 4.46. The number of rotatable bonds is 6. The molecule has 1 unspecified atom stereocenters. The average molecular weight is 387 g/mol. The van der Waals surface area contributed by atoms with Gasteiger partial charge in [-0.05, 0) is 61.2 Å². The zero-order valence-electron chi connectivity index (χ0n) is 16.5. The number of amides is 1. The fraction of sp³-hybridized carbons (Fsp3) is 0.250. The van der Waals surface area contributed by atoms with Gasteiger partial charge in [-0.15, -0.1) is 0 Å². The number of nitrogens with zero attached hydrogens (tertiary/aromatic N) is 2. The molecule has 0 aliphatic heterocycles. The van der Waals surface area contributed by atoms with Crippen molar-refractivity contribution < 1.29 is 9.53 Å². The molecule has 3 aromatic rings. The summed E-state index contributed by atoms with van der Waals surface area (Å²) in [5.74, 6) is 0.710. The van der Waals surface area contributed by atoms with Gasteiger partial charge in [-0.2, -0.15) is 0 Å². The second kappa shape index (κ2) is 8.45. The molecule has 0 radical (unpaired) electrons. The summed E-state index contributed by atoms with van der Waals surface area (Å²) in [5.41, 5.74) is 9.65. The van der Waals surface area contributed by atoms with Crippen LogP contribution in [0.25, 0.3) is 0 Å². The molecule has 0 fully saturated rings. The fourth-order valence-corrected chi connectivity index (χ4v) is 3.98. The van der Waals surface area contributed by atoms with E-state index in [1.165, 1.54) is 22.9 Å². The zero-order chi connectivity index (χ0) is 20.2. The summed E-state index contributed by atoms with van der Waals surface area (Å²) in [6.45, 7) is 0.930. The predicted octanol–water partition coefficient (Wildman–Crippen LogP) is 4.48. The number of hydrogen-bond donors (Lipinski definition) is 1. The standard InChI is InChI=1S/C24H25N3O2/c1-27(16-17-6-3-2-4-7-17)22-9-5-8-18-14-20(11-12-21(18)22)29-23-13-10-19(15-26-23)24(25)28/h2-4,6-7,10-15,22H,5,8-9,16H2,1H3,(H2,25,28). The number of nitrogens with two attached hydrogens (primary N) is 1. The molecule has 4 rings (SSSR count). The summed E-state index contributed by atoms with van der Waals surface area (Å²) in [6, 6.07) is 20.6. The van der Waals surface area contributed by atoms with Crippen molar-refractivity contribution in [2.75, 3.05) is 7.05 Å². The van der Waals surface area contributed by atoms with Crippen LogP contribution in [0.1, 0.15) is 45.9 Å². The van der Waals surface area contributed by atoms with Gasteiger partial charge in [0.05, 0.1) is 5.56 Å². The van der Waals surface area contributed by atoms with Gasteiger partial charge in [0.25, 0.3) is 0 Å². The van der Waals surface area contributed by atoms with E-state index in [-0.39, 0.29) is 0 Å². The van der Waals surface area contributed by atoms with Crippen LogP contribution in [-0.2, 0) is 13.0 Å². The maximum Gasteiger partial charge on any atom is 0.250 e. The van der Waals surface area contributed by atoms with Gasteiger partial charge < -0.3 is 10.5 Å². The highest BCUT2D eigenvalue weighted by molar-refractivity contribution is 5.92. The first kappa shape index (κ1) is 19.2. The van der Waals surface area contributed by atoms with Crippen LogP contribution in [-0.4, -0.2) is 22.8 Å². The highest BCUT2D eigenvalue weighted by Gasteiger charge is 2.24. The largest absolute Gasteiger partial charge is 0.439 e. The van der Waals surface area contributed by atoms with Gasteiger partial charge in [-0.25, -0.2) is 4.98 Å². The Hall–Kier alpha value is -3.18. The molecule has 0 bridgehead atoms. The lowest BCUT2D eigenvalue weighted by Crippen LogP contribution is -2.27. The van der Waals surface area contributed by atoms with Crippen LogP contribution in [0, 0.1) is 0 Å². The number of benzene rings is 2. The molecule has 5 heteroatoms. The molecule has 2 N–H and O–H groups in total. The third-order valence-electron chi connectivity index (χ3n) is 5.45.